The molecule has 0 radical (unpaired) electrons. The van der Waals surface area contributed by atoms with Crippen LogP contribution >= 0.6 is 23.1 Å². The van der Waals surface area contributed by atoms with Crippen molar-refractivity contribution in [1.29, 1.82) is 0 Å². The Labute approximate surface area is 214 Å². The molecule has 0 aliphatic rings. The Kier molecular flexibility index (Phi) is 8.55. The largest absolute Gasteiger partial charge is 0.385 e. The molecule has 2 aromatic carbocycles. The number of hydrogen-bond acceptors (Lipinski definition) is 6. The summed E-state index contributed by atoms with van der Waals surface area (Å²) in [5, 5.41) is 1.19. The number of benzene rings is 2. The van der Waals surface area contributed by atoms with Crippen LogP contribution in [0.1, 0.15) is 48.5 Å². The average molecular weight is 507 g/mol. The van der Waals surface area contributed by atoms with E-state index in [9.17, 15) is 9.59 Å². The number of hydrogen-bond donors (Lipinski definition) is 0. The number of carbonyl (C=O) groups excluding carboxylic acids is 1. The first-order chi connectivity index (χ1) is 17.0. The van der Waals surface area contributed by atoms with E-state index in [2.05, 4.69) is 13.8 Å². The second-order valence-electron chi connectivity index (χ2n) is 8.54. The summed E-state index contributed by atoms with van der Waals surface area (Å²) in [6.07, 6.45) is 1.75. The molecule has 0 aliphatic heterocycles. The lowest BCUT2D eigenvalue weighted by molar-refractivity contribution is 0.102. The highest BCUT2D eigenvalue weighted by Crippen LogP contribution is 2.32. The van der Waals surface area contributed by atoms with Gasteiger partial charge in [-0.25, -0.2) is 4.98 Å². The van der Waals surface area contributed by atoms with Crippen LogP contribution in [0.2, 0.25) is 0 Å². The number of nitrogens with zero attached hydrogens (tertiary/aromatic N) is 2. The quantitative estimate of drug-likeness (QED) is 0.0986. The lowest BCUT2D eigenvalue weighted by atomic mass is 9.97. The van der Waals surface area contributed by atoms with Crippen molar-refractivity contribution in [2.45, 2.75) is 44.3 Å². The Bertz CT molecular complexity index is 1340. The van der Waals surface area contributed by atoms with E-state index in [4.69, 9.17) is 9.72 Å². The first kappa shape index (κ1) is 25.4. The fourth-order valence-corrected chi connectivity index (χ4v) is 5.86. The highest BCUT2D eigenvalue weighted by Gasteiger charge is 2.17. The summed E-state index contributed by atoms with van der Waals surface area (Å²) in [7, 11) is 1.65. The number of methoxy groups -OCH3 is 1. The standard InChI is InChI=1S/C28H30N2O3S2/c1-4-19(2)20-11-13-21(14-12-20)24(31)18-34-28-29-26-23(27(32)30(28)15-8-16-33-3)17-25(35-26)22-9-6-5-7-10-22/h5-7,9-14,17,19H,4,8,15-16,18H2,1-3H3/t19-/m1/s1. The third-order valence-corrected chi connectivity index (χ3v) is 8.21. The monoisotopic (exact) mass is 506 g/mol. The summed E-state index contributed by atoms with van der Waals surface area (Å²) >= 11 is 2.83. The van der Waals surface area contributed by atoms with Gasteiger partial charge in [0.1, 0.15) is 4.83 Å². The Balaban J connectivity index is 1.61. The van der Waals surface area contributed by atoms with Crippen molar-refractivity contribution in [3.63, 3.8) is 0 Å². The molecule has 182 valence electrons. The molecule has 0 N–H and O–H groups in total. The predicted octanol–water partition coefficient (Wildman–Crippen LogP) is 6.65. The van der Waals surface area contributed by atoms with Crippen LogP contribution in [-0.4, -0.2) is 34.8 Å². The Hall–Kier alpha value is -2.74. The number of aromatic nitrogens is 2. The summed E-state index contributed by atoms with van der Waals surface area (Å²) < 4.78 is 6.88. The smallest absolute Gasteiger partial charge is 0.262 e. The number of carbonyl (C=O) groups is 1. The van der Waals surface area contributed by atoms with Gasteiger partial charge in [-0.3, -0.25) is 14.2 Å². The van der Waals surface area contributed by atoms with Gasteiger partial charge in [0.2, 0.25) is 0 Å². The Morgan fingerprint density at radius 1 is 1.14 bits per heavy atom. The zero-order valence-electron chi connectivity index (χ0n) is 20.3. The van der Waals surface area contributed by atoms with Crippen LogP contribution in [0.3, 0.4) is 0 Å². The van der Waals surface area contributed by atoms with Crippen LogP contribution < -0.4 is 5.56 Å². The van der Waals surface area contributed by atoms with Gasteiger partial charge in [-0.2, -0.15) is 0 Å². The minimum absolute atomic E-state index is 0.0274. The number of ketones is 1. The highest BCUT2D eigenvalue weighted by molar-refractivity contribution is 7.99. The molecule has 0 amide bonds. The second kappa shape index (κ2) is 11.8. The van der Waals surface area contributed by atoms with E-state index < -0.39 is 0 Å². The maximum atomic E-state index is 13.4. The first-order valence-electron chi connectivity index (χ1n) is 11.9. The van der Waals surface area contributed by atoms with Crippen LogP contribution in [-0.2, 0) is 11.3 Å². The average Bonchev–Trinajstić information content (AvgIpc) is 3.33. The van der Waals surface area contributed by atoms with Crippen molar-refractivity contribution in [3.8, 4) is 10.4 Å². The number of thiophene rings is 1. The van der Waals surface area contributed by atoms with Crippen molar-refractivity contribution in [2.75, 3.05) is 19.5 Å². The van der Waals surface area contributed by atoms with Crippen LogP contribution in [0.25, 0.3) is 20.7 Å². The minimum atomic E-state index is -0.0719. The fourth-order valence-electron chi connectivity index (χ4n) is 3.86. The van der Waals surface area contributed by atoms with E-state index in [1.54, 1.807) is 11.7 Å². The molecule has 4 aromatic rings. The third kappa shape index (κ3) is 5.92. The lowest BCUT2D eigenvalue weighted by Crippen LogP contribution is -2.24. The van der Waals surface area contributed by atoms with E-state index >= 15 is 0 Å². The minimum Gasteiger partial charge on any atom is -0.385 e. The van der Waals surface area contributed by atoms with Crippen molar-refractivity contribution >= 4 is 39.1 Å². The van der Waals surface area contributed by atoms with Gasteiger partial charge < -0.3 is 4.74 Å². The first-order valence-corrected chi connectivity index (χ1v) is 13.7. The van der Waals surface area contributed by atoms with Gasteiger partial charge in [0.05, 0.1) is 11.1 Å². The van der Waals surface area contributed by atoms with Gasteiger partial charge in [0.25, 0.3) is 5.56 Å². The normalized spacial score (nSPS) is 12.2. The molecule has 2 heterocycles. The molecule has 0 saturated carbocycles. The summed E-state index contributed by atoms with van der Waals surface area (Å²) in [5.74, 6) is 0.721. The summed E-state index contributed by atoms with van der Waals surface area (Å²) in [4.78, 5) is 32.9. The topological polar surface area (TPSA) is 61.2 Å². The maximum absolute atomic E-state index is 13.4. The molecule has 2 aromatic heterocycles. The summed E-state index contributed by atoms with van der Waals surface area (Å²) in [5.41, 5.74) is 2.91. The van der Waals surface area contributed by atoms with Crippen LogP contribution in [0.15, 0.2) is 70.6 Å². The van der Waals surface area contributed by atoms with Crippen LogP contribution in [0.4, 0.5) is 0 Å². The lowest BCUT2D eigenvalue weighted by Gasteiger charge is -2.12. The molecule has 0 spiro atoms. The second-order valence-corrected chi connectivity index (χ2v) is 10.5. The molecule has 0 unspecified atom stereocenters. The fraction of sp³-hybridized carbons (Fsp3) is 0.321. The summed E-state index contributed by atoms with van der Waals surface area (Å²) in [6.45, 7) is 5.39. The predicted molar refractivity (Wildman–Crippen MR) is 146 cm³/mol. The van der Waals surface area contributed by atoms with Gasteiger partial charge in [0.15, 0.2) is 10.9 Å². The number of ether oxygens (including phenoxy) is 1. The van der Waals surface area contributed by atoms with Gasteiger partial charge in [-0.15, -0.1) is 11.3 Å². The number of Topliss-reactive ketones (excluding diaryl/α,β-unsaturated/α-hetero) is 1. The van der Waals surface area contributed by atoms with Crippen molar-refractivity contribution in [3.05, 3.63) is 82.1 Å². The van der Waals surface area contributed by atoms with Gasteiger partial charge in [0, 0.05) is 30.7 Å². The zero-order chi connectivity index (χ0) is 24.8. The van der Waals surface area contributed by atoms with Crippen molar-refractivity contribution in [1.82, 2.24) is 9.55 Å². The molecular weight excluding hydrogens is 476 g/mol. The zero-order valence-corrected chi connectivity index (χ0v) is 22.0. The summed E-state index contributed by atoms with van der Waals surface area (Å²) in [6, 6.07) is 19.8. The van der Waals surface area contributed by atoms with Crippen molar-refractivity contribution in [2.24, 2.45) is 0 Å². The third-order valence-electron chi connectivity index (χ3n) is 6.15. The number of fused-ring (bicyclic) bond motifs is 1. The van der Waals surface area contributed by atoms with Gasteiger partial charge >= 0.3 is 0 Å². The molecule has 0 saturated heterocycles. The Morgan fingerprint density at radius 3 is 2.57 bits per heavy atom. The molecule has 5 nitrogen and oxygen atoms in total. The van der Waals surface area contributed by atoms with E-state index in [1.807, 2.05) is 60.7 Å². The van der Waals surface area contributed by atoms with Gasteiger partial charge in [-0.05, 0) is 36.0 Å². The number of rotatable bonds is 11. The van der Waals surface area contributed by atoms with Gasteiger partial charge in [-0.1, -0.05) is 80.2 Å². The highest BCUT2D eigenvalue weighted by atomic mass is 32.2. The SMILES string of the molecule is CC[C@@H](C)c1ccc(C(=O)CSc2nc3sc(-c4ccccc4)cc3c(=O)n2CCCOC)cc1. The Morgan fingerprint density at radius 2 is 1.89 bits per heavy atom. The van der Waals surface area contributed by atoms with E-state index in [0.29, 0.717) is 46.4 Å². The van der Waals surface area contributed by atoms with E-state index in [0.717, 1.165) is 16.9 Å². The molecule has 0 aliphatic carbocycles. The molecule has 4 rings (SSSR count). The van der Waals surface area contributed by atoms with Crippen LogP contribution in [0, 0.1) is 0 Å². The number of thioether (sulfide) groups is 1. The molecular formula is C28H30N2O3S2. The van der Waals surface area contributed by atoms with E-state index in [-0.39, 0.29) is 17.1 Å². The van der Waals surface area contributed by atoms with Crippen molar-refractivity contribution < 1.29 is 9.53 Å². The van der Waals surface area contributed by atoms with E-state index in [1.165, 1.54) is 28.7 Å². The molecule has 0 bridgehead atoms. The molecule has 0 fully saturated rings. The molecule has 7 heteroatoms. The van der Waals surface area contributed by atoms with Crippen LogP contribution in [0.5, 0.6) is 0 Å². The maximum Gasteiger partial charge on any atom is 0.262 e. The molecule has 1 atom stereocenters. The molecule has 35 heavy (non-hydrogen) atoms.